The van der Waals surface area contributed by atoms with Crippen molar-refractivity contribution in [2.45, 2.75) is 19.3 Å². The van der Waals surface area contributed by atoms with E-state index in [1.807, 2.05) is 24.6 Å². The van der Waals surface area contributed by atoms with E-state index in [9.17, 15) is 9.59 Å². The maximum atomic E-state index is 12.7. The van der Waals surface area contributed by atoms with Gasteiger partial charge in [-0.1, -0.05) is 11.3 Å². The third-order valence-corrected chi connectivity index (χ3v) is 5.53. The Bertz CT molecular complexity index is 1020. The highest BCUT2D eigenvalue weighted by Crippen LogP contribution is 2.20. The van der Waals surface area contributed by atoms with Crippen molar-refractivity contribution in [3.8, 4) is 0 Å². The fourth-order valence-electron chi connectivity index (χ4n) is 2.91. The summed E-state index contributed by atoms with van der Waals surface area (Å²) < 4.78 is 3.91. The molecular weight excluding hydrogens is 330 g/mol. The number of thiazole rings is 1. The van der Waals surface area contributed by atoms with Crippen LogP contribution in [0, 0.1) is 6.92 Å². The van der Waals surface area contributed by atoms with Crippen molar-refractivity contribution >= 4 is 23.4 Å². The second-order valence-corrected chi connectivity index (χ2v) is 6.95. The summed E-state index contributed by atoms with van der Waals surface area (Å²) >= 11 is 1.30. The number of rotatable bonds is 1. The molecule has 4 rings (SSSR count). The number of hydrogen-bond acceptors (Lipinski definition) is 6. The number of carbonyl (C=O) groups excluding carboxylic acids is 1. The van der Waals surface area contributed by atoms with Crippen LogP contribution in [0.3, 0.4) is 0 Å². The van der Waals surface area contributed by atoms with E-state index in [1.54, 1.807) is 30.1 Å². The first-order chi connectivity index (χ1) is 11.4. The summed E-state index contributed by atoms with van der Waals surface area (Å²) in [5, 5.41) is 0. The van der Waals surface area contributed by atoms with Crippen LogP contribution in [0.2, 0.25) is 0 Å². The van der Waals surface area contributed by atoms with E-state index < -0.39 is 0 Å². The van der Waals surface area contributed by atoms with Gasteiger partial charge in [0.1, 0.15) is 10.4 Å². The molecule has 0 aromatic carbocycles. The first kappa shape index (κ1) is 14.9. The highest BCUT2D eigenvalue weighted by molar-refractivity contribution is 7.07. The van der Waals surface area contributed by atoms with Crippen LogP contribution in [0.5, 0.6) is 0 Å². The lowest BCUT2D eigenvalue weighted by molar-refractivity contribution is 0.200. The molecule has 0 spiro atoms. The molecule has 0 bridgehead atoms. The summed E-state index contributed by atoms with van der Waals surface area (Å²) in [6.07, 6.45) is 2.85. The highest BCUT2D eigenvalue weighted by atomic mass is 32.1. The second kappa shape index (κ2) is 4.94. The summed E-state index contributed by atoms with van der Waals surface area (Å²) in [5.41, 5.74) is 3.79. The molecule has 1 N–H and O–H groups in total. The number of amides is 2. The summed E-state index contributed by atoms with van der Waals surface area (Å²) in [4.78, 5) is 37.2. The average molecular weight is 347 g/mol. The van der Waals surface area contributed by atoms with Crippen LogP contribution in [0.4, 0.5) is 4.79 Å². The molecule has 4 heterocycles. The predicted octanol–water partition coefficient (Wildman–Crippen LogP) is -1.39. The zero-order valence-electron chi connectivity index (χ0n) is 13.7. The number of carbonyl (C=O) groups is 1. The molecule has 2 aliphatic rings. The van der Waals surface area contributed by atoms with Crippen molar-refractivity contribution < 1.29 is 4.79 Å². The van der Waals surface area contributed by atoms with Crippen molar-refractivity contribution in [1.29, 1.82) is 0 Å². The molecule has 2 atom stereocenters. The van der Waals surface area contributed by atoms with Crippen LogP contribution in [0.1, 0.15) is 11.5 Å². The molecule has 2 aromatic heterocycles. The van der Waals surface area contributed by atoms with Crippen LogP contribution in [-0.4, -0.2) is 56.5 Å². The van der Waals surface area contributed by atoms with Gasteiger partial charge in [0.2, 0.25) is 4.80 Å². The van der Waals surface area contributed by atoms with Crippen LogP contribution in [-0.2, 0) is 7.05 Å². The van der Waals surface area contributed by atoms with Crippen LogP contribution < -0.4 is 20.3 Å². The van der Waals surface area contributed by atoms with E-state index in [1.165, 1.54) is 16.0 Å². The molecule has 126 valence electrons. The summed E-state index contributed by atoms with van der Waals surface area (Å²) in [5.74, 6) is 0.877. The monoisotopic (exact) mass is 347 g/mol. The van der Waals surface area contributed by atoms with Gasteiger partial charge in [-0.3, -0.25) is 10.2 Å². The van der Waals surface area contributed by atoms with Gasteiger partial charge in [-0.15, -0.1) is 0 Å². The lowest BCUT2D eigenvalue weighted by atomic mass is 10.4. The Kier molecular flexibility index (Phi) is 3.07. The first-order valence-electron chi connectivity index (χ1n) is 7.44. The number of aryl methyl sites for hydroxylation is 1. The maximum absolute atomic E-state index is 12.7. The van der Waals surface area contributed by atoms with Gasteiger partial charge in [-0.25, -0.2) is 14.8 Å². The van der Waals surface area contributed by atoms with Crippen molar-refractivity contribution in [2.24, 2.45) is 12.0 Å². The first-order valence-corrected chi connectivity index (χ1v) is 8.26. The molecule has 0 radical (unpaired) electrons. The SMILES string of the molecule is Cc1ncc(/C=c2\sc3n(c2=O)NC2C(N=3)N(C)C(=O)N2C)n1C. The second-order valence-electron chi connectivity index (χ2n) is 5.94. The Morgan fingerprint density at radius 1 is 1.25 bits per heavy atom. The minimum atomic E-state index is -0.353. The van der Waals surface area contributed by atoms with E-state index in [0.717, 1.165) is 11.5 Å². The Morgan fingerprint density at radius 2 is 2.00 bits per heavy atom. The summed E-state index contributed by atoms with van der Waals surface area (Å²) in [7, 11) is 5.31. The number of aromatic nitrogens is 3. The number of hydrogen-bond donors (Lipinski definition) is 1. The van der Waals surface area contributed by atoms with Gasteiger partial charge in [0.25, 0.3) is 5.56 Å². The molecule has 2 amide bonds. The highest BCUT2D eigenvalue weighted by Gasteiger charge is 2.44. The molecule has 24 heavy (non-hydrogen) atoms. The van der Waals surface area contributed by atoms with E-state index >= 15 is 0 Å². The zero-order chi connectivity index (χ0) is 17.2. The largest absolute Gasteiger partial charge is 0.332 e. The maximum Gasteiger partial charge on any atom is 0.323 e. The minimum absolute atomic E-state index is 0.124. The number of imidazole rings is 1. The molecule has 1 saturated heterocycles. The number of urea groups is 1. The molecule has 1 fully saturated rings. The average Bonchev–Trinajstić information content (AvgIpc) is 3.12. The fraction of sp³-hybridized carbons (Fsp3) is 0.429. The van der Waals surface area contributed by atoms with E-state index in [0.29, 0.717) is 9.33 Å². The third kappa shape index (κ3) is 1.92. The number of likely N-dealkylation sites (N-methyl/N-ethyl adjacent to an activating group) is 2. The predicted molar refractivity (Wildman–Crippen MR) is 88.7 cm³/mol. The van der Waals surface area contributed by atoms with Crippen molar-refractivity contribution in [3.05, 3.63) is 37.4 Å². The zero-order valence-corrected chi connectivity index (χ0v) is 14.5. The van der Waals surface area contributed by atoms with E-state index in [-0.39, 0.29) is 23.9 Å². The molecule has 2 aromatic rings. The van der Waals surface area contributed by atoms with Gasteiger partial charge >= 0.3 is 6.03 Å². The number of nitrogens with zero attached hydrogens (tertiary/aromatic N) is 6. The van der Waals surface area contributed by atoms with Crippen LogP contribution in [0.25, 0.3) is 6.08 Å². The van der Waals surface area contributed by atoms with Gasteiger partial charge in [-0.2, -0.15) is 4.68 Å². The van der Waals surface area contributed by atoms with Crippen molar-refractivity contribution in [1.82, 2.24) is 24.0 Å². The number of nitrogens with one attached hydrogen (secondary N) is 1. The Morgan fingerprint density at radius 3 is 2.67 bits per heavy atom. The standard InChI is InChI=1S/C14H17N7O2S/c1-7-15-6-8(18(7)2)5-9-12(22)21-13(24-9)16-10-11(17-21)20(4)14(23)19(10)3/h5-6,10-11,17H,1-4H3/b9-5-. The molecule has 0 saturated carbocycles. The quantitative estimate of drug-likeness (QED) is 0.688. The summed E-state index contributed by atoms with van der Waals surface area (Å²) in [6, 6.07) is -0.124. The fourth-order valence-corrected chi connectivity index (χ4v) is 3.85. The molecule has 2 unspecified atom stereocenters. The normalized spacial score (nSPS) is 23.2. The summed E-state index contributed by atoms with van der Waals surface area (Å²) in [6.45, 7) is 1.91. The van der Waals surface area contributed by atoms with Crippen molar-refractivity contribution in [3.63, 3.8) is 0 Å². The van der Waals surface area contributed by atoms with Gasteiger partial charge in [0, 0.05) is 21.1 Å². The molecule has 10 heteroatoms. The van der Waals surface area contributed by atoms with E-state index in [4.69, 9.17) is 0 Å². The van der Waals surface area contributed by atoms with Crippen LogP contribution >= 0.6 is 11.3 Å². The Labute approximate surface area is 141 Å². The Balaban J connectivity index is 1.85. The molecule has 0 aliphatic carbocycles. The van der Waals surface area contributed by atoms with Gasteiger partial charge in [0.15, 0.2) is 12.3 Å². The van der Waals surface area contributed by atoms with Gasteiger partial charge in [-0.05, 0) is 13.0 Å². The smallest absolute Gasteiger partial charge is 0.323 e. The number of fused-ring (bicyclic) bond motifs is 2. The molecule has 9 nitrogen and oxygen atoms in total. The van der Waals surface area contributed by atoms with Gasteiger partial charge in [0.05, 0.1) is 11.9 Å². The molecular formula is C14H17N7O2S. The lowest BCUT2D eigenvalue weighted by Crippen LogP contribution is -2.54. The van der Waals surface area contributed by atoms with Crippen molar-refractivity contribution in [2.75, 3.05) is 19.5 Å². The van der Waals surface area contributed by atoms with E-state index in [2.05, 4.69) is 15.4 Å². The topological polar surface area (TPSA) is 87.8 Å². The van der Waals surface area contributed by atoms with Gasteiger partial charge < -0.3 is 14.4 Å². The van der Waals surface area contributed by atoms with Crippen LogP contribution in [0.15, 0.2) is 16.0 Å². The Hall–Kier alpha value is -2.62. The third-order valence-electron chi connectivity index (χ3n) is 4.55. The minimum Gasteiger partial charge on any atom is -0.332 e. The lowest BCUT2D eigenvalue weighted by Gasteiger charge is -2.26. The molecule has 2 aliphatic heterocycles.